The quantitative estimate of drug-likeness (QED) is 0.693. The molecule has 33 heavy (non-hydrogen) atoms. The summed E-state index contributed by atoms with van der Waals surface area (Å²) in [5.41, 5.74) is 0.532. The van der Waals surface area contributed by atoms with Crippen LogP contribution < -0.4 is 4.90 Å². The Bertz CT molecular complexity index is 1010. The van der Waals surface area contributed by atoms with E-state index in [1.807, 2.05) is 26.1 Å². The van der Waals surface area contributed by atoms with Crippen LogP contribution in [0.15, 0.2) is 40.8 Å². The number of hydrogen-bond donors (Lipinski definition) is 1. The molecule has 1 N–H and O–H groups in total. The number of aryl methyl sites for hydroxylation is 1. The first-order valence-corrected chi connectivity index (χ1v) is 10.2. The molecule has 0 saturated carbocycles. The Hall–Kier alpha value is -2.92. The largest absolute Gasteiger partial charge is 0.490 e. The normalized spacial score (nSPS) is 21.9. The Balaban J connectivity index is 0.000000383. The molecule has 11 heteroatoms. The molecule has 0 aliphatic carbocycles. The molecule has 1 atom stereocenters. The van der Waals surface area contributed by atoms with Crippen molar-refractivity contribution in [2.24, 2.45) is 0 Å². The number of carboxylic acids is 1. The zero-order valence-electron chi connectivity index (χ0n) is 18.2. The lowest BCUT2D eigenvalue weighted by atomic mass is 9.92. The maximum Gasteiger partial charge on any atom is 0.490 e. The predicted octanol–water partition coefficient (Wildman–Crippen LogP) is 3.28. The second kappa shape index (κ2) is 9.52. The summed E-state index contributed by atoms with van der Waals surface area (Å²) >= 11 is 0. The summed E-state index contributed by atoms with van der Waals surface area (Å²) in [5.74, 6) is -1.16. The van der Waals surface area contributed by atoms with Crippen LogP contribution in [-0.2, 0) is 16.1 Å². The number of amides is 1. The number of benzene rings is 1. The number of anilines is 1. The van der Waals surface area contributed by atoms with Gasteiger partial charge in [0.1, 0.15) is 17.3 Å². The van der Waals surface area contributed by atoms with E-state index in [-0.39, 0.29) is 17.3 Å². The van der Waals surface area contributed by atoms with Crippen LogP contribution in [0.3, 0.4) is 0 Å². The molecule has 2 aliphatic rings. The SMILES string of the molecule is Cc1ccc(CN2CCC3(C2)CN(c2cccc(F)c2)C(=O)CN3C)o1.O=C(O)C(F)(F)F. The molecule has 0 bridgehead atoms. The lowest BCUT2D eigenvalue weighted by molar-refractivity contribution is -0.192. The molecule has 0 radical (unpaired) electrons. The van der Waals surface area contributed by atoms with Crippen LogP contribution in [0.2, 0.25) is 0 Å². The highest BCUT2D eigenvalue weighted by Crippen LogP contribution is 2.34. The average Bonchev–Trinajstić information content (AvgIpc) is 3.31. The van der Waals surface area contributed by atoms with Gasteiger partial charge < -0.3 is 14.4 Å². The van der Waals surface area contributed by atoms with Crippen molar-refractivity contribution in [3.63, 3.8) is 0 Å². The van der Waals surface area contributed by atoms with Gasteiger partial charge in [-0.2, -0.15) is 13.2 Å². The number of carbonyl (C=O) groups excluding carboxylic acids is 1. The maximum absolute atomic E-state index is 13.6. The molecule has 1 amide bonds. The number of aliphatic carboxylic acids is 1. The van der Waals surface area contributed by atoms with Gasteiger partial charge >= 0.3 is 12.1 Å². The fourth-order valence-electron chi connectivity index (χ4n) is 4.15. The highest BCUT2D eigenvalue weighted by atomic mass is 19.4. The van der Waals surface area contributed by atoms with Crippen molar-refractivity contribution >= 4 is 17.6 Å². The van der Waals surface area contributed by atoms with Crippen LogP contribution in [-0.4, -0.2) is 71.7 Å². The van der Waals surface area contributed by atoms with Gasteiger partial charge in [-0.05, 0) is 50.7 Å². The summed E-state index contributed by atoms with van der Waals surface area (Å²) < 4.78 is 51.1. The van der Waals surface area contributed by atoms with Crippen molar-refractivity contribution < 1.29 is 36.7 Å². The van der Waals surface area contributed by atoms with Crippen molar-refractivity contribution in [1.82, 2.24) is 9.80 Å². The fourth-order valence-corrected chi connectivity index (χ4v) is 4.15. The molecule has 4 rings (SSSR count). The fraction of sp³-hybridized carbons (Fsp3) is 0.455. The number of carbonyl (C=O) groups is 2. The van der Waals surface area contributed by atoms with Gasteiger partial charge in [0, 0.05) is 25.3 Å². The second-order valence-electron chi connectivity index (χ2n) is 8.32. The zero-order chi connectivity index (χ0) is 24.4. The number of carboxylic acid groups (broad SMARTS) is 1. The van der Waals surface area contributed by atoms with Crippen LogP contribution in [0.25, 0.3) is 0 Å². The van der Waals surface area contributed by atoms with Crippen LogP contribution in [0.5, 0.6) is 0 Å². The maximum atomic E-state index is 13.6. The third-order valence-corrected chi connectivity index (χ3v) is 5.88. The van der Waals surface area contributed by atoms with E-state index in [9.17, 15) is 22.4 Å². The average molecular weight is 471 g/mol. The Morgan fingerprint density at radius 1 is 1.21 bits per heavy atom. The highest BCUT2D eigenvalue weighted by Gasteiger charge is 2.47. The molecule has 1 spiro atoms. The van der Waals surface area contributed by atoms with Crippen molar-refractivity contribution in [2.45, 2.75) is 31.6 Å². The summed E-state index contributed by atoms with van der Waals surface area (Å²) in [6.45, 7) is 5.48. The monoisotopic (exact) mass is 471 g/mol. The third kappa shape index (κ3) is 5.91. The summed E-state index contributed by atoms with van der Waals surface area (Å²) in [6, 6.07) is 10.3. The van der Waals surface area contributed by atoms with Gasteiger partial charge in [-0.25, -0.2) is 9.18 Å². The summed E-state index contributed by atoms with van der Waals surface area (Å²) in [7, 11) is 2.02. The molecular formula is C22H25F4N3O4. The first kappa shape index (κ1) is 24.7. The Labute approximate surface area is 188 Å². The van der Waals surface area contributed by atoms with Gasteiger partial charge in [0.25, 0.3) is 0 Å². The van der Waals surface area contributed by atoms with Gasteiger partial charge in [0.05, 0.1) is 18.6 Å². The molecule has 3 heterocycles. The van der Waals surface area contributed by atoms with Crippen molar-refractivity contribution in [2.75, 3.05) is 38.1 Å². The molecular weight excluding hydrogens is 446 g/mol. The van der Waals surface area contributed by atoms with Crippen molar-refractivity contribution in [3.8, 4) is 0 Å². The van der Waals surface area contributed by atoms with Gasteiger partial charge in [-0.15, -0.1) is 0 Å². The number of furan rings is 1. The van der Waals surface area contributed by atoms with E-state index in [2.05, 4.69) is 9.80 Å². The topological polar surface area (TPSA) is 77.2 Å². The predicted molar refractivity (Wildman–Crippen MR) is 111 cm³/mol. The van der Waals surface area contributed by atoms with E-state index in [1.165, 1.54) is 12.1 Å². The van der Waals surface area contributed by atoms with E-state index in [1.54, 1.807) is 17.0 Å². The lowest BCUT2D eigenvalue weighted by Crippen LogP contribution is -2.64. The molecule has 1 aromatic carbocycles. The molecule has 2 fully saturated rings. The first-order valence-electron chi connectivity index (χ1n) is 10.2. The molecule has 2 saturated heterocycles. The van der Waals surface area contributed by atoms with Gasteiger partial charge in [-0.1, -0.05) is 6.07 Å². The number of piperazine rings is 1. The Kier molecular flexibility index (Phi) is 7.13. The van der Waals surface area contributed by atoms with E-state index >= 15 is 0 Å². The van der Waals surface area contributed by atoms with Crippen molar-refractivity contribution in [3.05, 3.63) is 53.7 Å². The summed E-state index contributed by atoms with van der Waals surface area (Å²) in [6.07, 6.45) is -4.11. The second-order valence-corrected chi connectivity index (χ2v) is 8.32. The zero-order valence-corrected chi connectivity index (χ0v) is 18.2. The highest BCUT2D eigenvalue weighted by molar-refractivity contribution is 5.96. The molecule has 2 aliphatic heterocycles. The number of alkyl halides is 3. The van der Waals surface area contributed by atoms with E-state index < -0.39 is 12.1 Å². The van der Waals surface area contributed by atoms with E-state index in [4.69, 9.17) is 14.3 Å². The van der Waals surface area contributed by atoms with Crippen LogP contribution in [0.1, 0.15) is 17.9 Å². The van der Waals surface area contributed by atoms with Crippen LogP contribution in [0, 0.1) is 12.7 Å². The Morgan fingerprint density at radius 3 is 2.48 bits per heavy atom. The number of halogens is 4. The van der Waals surface area contributed by atoms with Gasteiger partial charge in [-0.3, -0.25) is 14.6 Å². The third-order valence-electron chi connectivity index (χ3n) is 5.88. The number of hydrogen-bond acceptors (Lipinski definition) is 5. The minimum atomic E-state index is -5.08. The molecule has 2 aromatic rings. The summed E-state index contributed by atoms with van der Waals surface area (Å²) in [4.78, 5) is 27.7. The number of likely N-dealkylation sites (N-methyl/N-ethyl adjacent to an activating group) is 1. The molecule has 7 nitrogen and oxygen atoms in total. The van der Waals surface area contributed by atoms with E-state index in [0.717, 1.165) is 37.6 Å². The summed E-state index contributed by atoms with van der Waals surface area (Å²) in [5, 5.41) is 7.12. The number of rotatable bonds is 3. The minimum absolute atomic E-state index is 0.0174. The van der Waals surface area contributed by atoms with E-state index in [0.29, 0.717) is 18.8 Å². The molecule has 180 valence electrons. The molecule has 1 aromatic heterocycles. The van der Waals surface area contributed by atoms with Crippen LogP contribution >= 0.6 is 0 Å². The minimum Gasteiger partial charge on any atom is -0.475 e. The van der Waals surface area contributed by atoms with Gasteiger partial charge in [0.15, 0.2) is 0 Å². The van der Waals surface area contributed by atoms with Crippen LogP contribution in [0.4, 0.5) is 23.2 Å². The smallest absolute Gasteiger partial charge is 0.475 e. The Morgan fingerprint density at radius 2 is 1.91 bits per heavy atom. The van der Waals surface area contributed by atoms with Crippen molar-refractivity contribution in [1.29, 1.82) is 0 Å². The standard InChI is InChI=1S/C20H24FN3O2.C2HF3O2/c1-15-6-7-18(26-15)11-23-9-8-20(13-23)14-24(19(25)12-22(20)2)17-5-3-4-16(21)10-17;3-2(4,5)1(6)7/h3-7,10H,8-9,11-14H2,1-2H3;(H,6,7). The lowest BCUT2D eigenvalue weighted by Gasteiger charge is -2.47. The molecule has 1 unspecified atom stereocenters. The number of likely N-dealkylation sites (tertiary alicyclic amines) is 1. The number of nitrogens with zero attached hydrogens (tertiary/aromatic N) is 3. The van der Waals surface area contributed by atoms with Gasteiger partial charge in [0.2, 0.25) is 5.91 Å². The first-order chi connectivity index (χ1) is 15.4.